The van der Waals surface area contributed by atoms with Crippen LogP contribution in [0.4, 0.5) is 5.69 Å². The van der Waals surface area contributed by atoms with Crippen molar-refractivity contribution in [1.82, 2.24) is 0 Å². The van der Waals surface area contributed by atoms with Crippen LogP contribution < -0.4 is 10.1 Å². The van der Waals surface area contributed by atoms with Gasteiger partial charge in [-0.15, -0.1) is 0 Å². The maximum atomic E-state index is 12.2. The van der Waals surface area contributed by atoms with E-state index >= 15 is 0 Å². The number of rotatable bonds is 5. The van der Waals surface area contributed by atoms with Crippen molar-refractivity contribution in [2.45, 2.75) is 26.2 Å². The Morgan fingerprint density at radius 2 is 1.84 bits per heavy atom. The van der Waals surface area contributed by atoms with Gasteiger partial charge in [-0.1, -0.05) is 48.8 Å². The van der Waals surface area contributed by atoms with Crippen LogP contribution in [0.15, 0.2) is 46.9 Å². The Morgan fingerprint density at radius 1 is 1.16 bits per heavy atom. The second-order valence-electron chi connectivity index (χ2n) is 6.58. The molecule has 0 bridgehead atoms. The summed E-state index contributed by atoms with van der Waals surface area (Å²) >= 11 is 3.44. The number of hydrogen-bond acceptors (Lipinski definition) is 3. The van der Waals surface area contributed by atoms with Gasteiger partial charge in [0.25, 0.3) is 5.91 Å². The number of hydrogen-bond donors (Lipinski definition) is 2. The van der Waals surface area contributed by atoms with Gasteiger partial charge in [-0.3, -0.25) is 4.79 Å². The number of aromatic carboxylic acids is 1. The topological polar surface area (TPSA) is 75.6 Å². The normalized spacial score (nSPS) is 11.0. The first kappa shape index (κ1) is 19.0. The number of amides is 1. The smallest absolute Gasteiger partial charge is 0.337 e. The number of ether oxygens (including phenoxy) is 1. The summed E-state index contributed by atoms with van der Waals surface area (Å²) in [6, 6.07) is 11.9. The van der Waals surface area contributed by atoms with Gasteiger partial charge in [0.1, 0.15) is 5.75 Å². The molecule has 2 aromatic carbocycles. The van der Waals surface area contributed by atoms with Crippen LogP contribution in [0.2, 0.25) is 0 Å². The van der Waals surface area contributed by atoms with Crippen molar-refractivity contribution in [3.8, 4) is 5.75 Å². The molecule has 2 N–H and O–H groups in total. The maximum Gasteiger partial charge on any atom is 0.337 e. The highest BCUT2D eigenvalue weighted by Gasteiger charge is 2.20. The third-order valence-electron chi connectivity index (χ3n) is 3.54. The Hall–Kier alpha value is -2.34. The number of para-hydroxylation sites is 1. The van der Waals surface area contributed by atoms with Crippen LogP contribution in [0.5, 0.6) is 5.75 Å². The van der Waals surface area contributed by atoms with Crippen molar-refractivity contribution in [3.05, 3.63) is 58.1 Å². The molecule has 0 aliphatic heterocycles. The van der Waals surface area contributed by atoms with Gasteiger partial charge in [0.15, 0.2) is 6.61 Å². The molecular weight excluding hydrogens is 386 g/mol. The lowest BCUT2D eigenvalue weighted by molar-refractivity contribution is -0.118. The highest BCUT2D eigenvalue weighted by molar-refractivity contribution is 9.10. The molecule has 0 saturated carbocycles. The van der Waals surface area contributed by atoms with Gasteiger partial charge in [-0.25, -0.2) is 4.79 Å². The van der Waals surface area contributed by atoms with Crippen molar-refractivity contribution in [3.63, 3.8) is 0 Å². The lowest BCUT2D eigenvalue weighted by Crippen LogP contribution is -2.23. The third-order valence-corrected chi connectivity index (χ3v) is 4.03. The summed E-state index contributed by atoms with van der Waals surface area (Å²) in [5, 5.41) is 11.7. The number of carboxylic acid groups (broad SMARTS) is 1. The number of halogens is 1. The second-order valence-corrected chi connectivity index (χ2v) is 7.49. The molecule has 0 spiro atoms. The van der Waals surface area contributed by atoms with E-state index in [1.165, 1.54) is 6.07 Å². The van der Waals surface area contributed by atoms with Crippen molar-refractivity contribution in [2.75, 3.05) is 11.9 Å². The summed E-state index contributed by atoms with van der Waals surface area (Å²) in [5.74, 6) is -0.895. The number of anilines is 1. The molecule has 0 atom stereocenters. The van der Waals surface area contributed by atoms with Crippen LogP contribution >= 0.6 is 15.9 Å². The molecule has 0 fully saturated rings. The molecule has 1 amide bonds. The quantitative estimate of drug-likeness (QED) is 0.769. The van der Waals surface area contributed by atoms with E-state index < -0.39 is 11.9 Å². The Bertz CT molecular complexity index is 796. The van der Waals surface area contributed by atoms with Crippen molar-refractivity contribution in [1.29, 1.82) is 0 Å². The minimum absolute atomic E-state index is 0.0369. The Morgan fingerprint density at radius 3 is 2.48 bits per heavy atom. The summed E-state index contributed by atoms with van der Waals surface area (Å²) in [6.45, 7) is 5.97. The Balaban J connectivity index is 2.10. The maximum absolute atomic E-state index is 12.2. The number of carboxylic acids is 1. The van der Waals surface area contributed by atoms with E-state index in [4.69, 9.17) is 9.84 Å². The zero-order valence-electron chi connectivity index (χ0n) is 14.3. The zero-order valence-corrected chi connectivity index (χ0v) is 15.9. The predicted molar refractivity (Wildman–Crippen MR) is 100 cm³/mol. The summed E-state index contributed by atoms with van der Waals surface area (Å²) in [7, 11) is 0. The molecule has 0 aromatic heterocycles. The fourth-order valence-electron chi connectivity index (χ4n) is 2.32. The first-order valence-electron chi connectivity index (χ1n) is 7.73. The largest absolute Gasteiger partial charge is 0.483 e. The highest BCUT2D eigenvalue weighted by atomic mass is 79.9. The molecule has 0 aliphatic carbocycles. The summed E-state index contributed by atoms with van der Waals surface area (Å²) in [6.07, 6.45) is 0. The van der Waals surface area contributed by atoms with E-state index in [0.29, 0.717) is 5.75 Å². The van der Waals surface area contributed by atoms with E-state index in [-0.39, 0.29) is 23.3 Å². The molecule has 132 valence electrons. The third kappa shape index (κ3) is 5.06. The molecule has 0 aliphatic rings. The number of nitrogens with one attached hydrogen (secondary N) is 1. The van der Waals surface area contributed by atoms with E-state index in [1.54, 1.807) is 18.2 Å². The molecule has 25 heavy (non-hydrogen) atoms. The van der Waals surface area contributed by atoms with Crippen molar-refractivity contribution in [2.24, 2.45) is 0 Å². The number of carbonyl (C=O) groups is 2. The SMILES string of the molecule is CC(C)(C)c1cc(Br)ccc1OCC(=O)Nc1ccccc1C(=O)O. The van der Waals surface area contributed by atoms with Gasteiger partial charge in [0.05, 0.1) is 11.3 Å². The van der Waals surface area contributed by atoms with Crippen molar-refractivity contribution < 1.29 is 19.4 Å². The van der Waals surface area contributed by atoms with Gasteiger partial charge >= 0.3 is 5.97 Å². The van der Waals surface area contributed by atoms with Crippen molar-refractivity contribution >= 4 is 33.5 Å². The minimum atomic E-state index is -1.10. The lowest BCUT2D eigenvalue weighted by atomic mass is 9.86. The van der Waals surface area contributed by atoms with Gasteiger partial charge < -0.3 is 15.2 Å². The van der Waals surface area contributed by atoms with Crippen LogP contribution in [0.25, 0.3) is 0 Å². The van der Waals surface area contributed by atoms with E-state index in [0.717, 1.165) is 10.0 Å². The van der Waals surface area contributed by atoms with E-state index in [9.17, 15) is 9.59 Å². The minimum Gasteiger partial charge on any atom is -0.483 e. The predicted octanol–water partition coefficient (Wildman–Crippen LogP) is 4.46. The van der Waals surface area contributed by atoms with Gasteiger partial charge in [-0.05, 0) is 35.7 Å². The fourth-order valence-corrected chi connectivity index (χ4v) is 2.68. The van der Waals surface area contributed by atoms with Crippen LogP contribution in [-0.4, -0.2) is 23.6 Å². The molecule has 5 nitrogen and oxygen atoms in total. The molecule has 2 rings (SSSR count). The summed E-state index contributed by atoms with van der Waals surface area (Å²) in [4.78, 5) is 23.3. The number of benzene rings is 2. The number of carbonyl (C=O) groups excluding carboxylic acids is 1. The van der Waals surface area contributed by atoms with Crippen LogP contribution in [0.3, 0.4) is 0 Å². The monoisotopic (exact) mass is 405 g/mol. The Labute approximate surface area is 155 Å². The summed E-state index contributed by atoms with van der Waals surface area (Å²) in [5.41, 5.74) is 1.11. The molecule has 0 saturated heterocycles. The average Bonchev–Trinajstić information content (AvgIpc) is 2.53. The van der Waals surface area contributed by atoms with Gasteiger partial charge in [-0.2, -0.15) is 0 Å². The van der Waals surface area contributed by atoms with Crippen LogP contribution in [0, 0.1) is 0 Å². The molecule has 6 heteroatoms. The molecule has 2 aromatic rings. The molecule has 0 heterocycles. The van der Waals surface area contributed by atoms with Gasteiger partial charge in [0, 0.05) is 10.0 Å². The fraction of sp³-hybridized carbons (Fsp3) is 0.263. The highest BCUT2D eigenvalue weighted by Crippen LogP contribution is 2.33. The Kier molecular flexibility index (Phi) is 5.85. The standard InChI is InChI=1S/C19H20BrNO4/c1-19(2,3)14-10-12(20)8-9-16(14)25-11-17(22)21-15-7-5-4-6-13(15)18(23)24/h4-10H,11H2,1-3H3,(H,21,22)(H,23,24). The van der Waals surface area contributed by atoms with E-state index in [1.807, 2.05) is 18.2 Å². The second kappa shape index (κ2) is 7.70. The van der Waals surface area contributed by atoms with Crippen LogP contribution in [0.1, 0.15) is 36.7 Å². The lowest BCUT2D eigenvalue weighted by Gasteiger charge is -2.23. The van der Waals surface area contributed by atoms with Gasteiger partial charge in [0.2, 0.25) is 0 Å². The zero-order chi connectivity index (χ0) is 18.6. The molecule has 0 unspecified atom stereocenters. The first-order valence-corrected chi connectivity index (χ1v) is 8.53. The van der Waals surface area contributed by atoms with Crippen LogP contribution in [-0.2, 0) is 10.2 Å². The molecular formula is C19H20BrNO4. The first-order chi connectivity index (χ1) is 11.7. The summed E-state index contributed by atoms with van der Waals surface area (Å²) < 4.78 is 6.61. The molecule has 0 radical (unpaired) electrons. The van der Waals surface area contributed by atoms with E-state index in [2.05, 4.69) is 42.0 Å². The average molecular weight is 406 g/mol.